The van der Waals surface area contributed by atoms with Crippen LogP contribution in [0.2, 0.25) is 0 Å². The summed E-state index contributed by atoms with van der Waals surface area (Å²) in [6.45, 7) is 3.90. The van der Waals surface area contributed by atoms with Crippen LogP contribution in [0.1, 0.15) is 34.0 Å². The first-order valence-corrected chi connectivity index (χ1v) is 8.40. The van der Waals surface area contributed by atoms with Crippen molar-refractivity contribution in [3.63, 3.8) is 0 Å². The van der Waals surface area contributed by atoms with Crippen molar-refractivity contribution in [2.75, 3.05) is 0 Å². The van der Waals surface area contributed by atoms with E-state index < -0.39 is 0 Å². The van der Waals surface area contributed by atoms with Gasteiger partial charge in [0.25, 0.3) is 5.91 Å². The topological polar surface area (TPSA) is 42.0 Å². The molecule has 0 bridgehead atoms. The van der Waals surface area contributed by atoms with Crippen molar-refractivity contribution in [3.8, 4) is 0 Å². The lowest BCUT2D eigenvalue weighted by atomic mass is 10.2. The molecular weight excluding hydrogens is 439 g/mol. The van der Waals surface area contributed by atoms with E-state index in [0.29, 0.717) is 5.56 Å². The van der Waals surface area contributed by atoms with Gasteiger partial charge in [0.1, 0.15) is 5.01 Å². The van der Waals surface area contributed by atoms with E-state index in [-0.39, 0.29) is 11.9 Å². The molecule has 1 unspecified atom stereocenters. The second-order valence-corrected chi connectivity index (χ2v) is 7.11. The van der Waals surface area contributed by atoms with Crippen LogP contribution in [-0.4, -0.2) is 10.9 Å². The van der Waals surface area contributed by atoms with E-state index in [1.807, 2.05) is 37.4 Å². The fraction of sp³-hybridized carbons (Fsp3) is 0.231. The van der Waals surface area contributed by atoms with Crippen LogP contribution in [0, 0.1) is 10.5 Å². The van der Waals surface area contributed by atoms with Gasteiger partial charge in [-0.05, 0) is 54.6 Å². The van der Waals surface area contributed by atoms with Gasteiger partial charge in [-0.3, -0.25) is 4.79 Å². The number of amides is 1. The van der Waals surface area contributed by atoms with E-state index in [1.165, 1.54) is 0 Å². The molecule has 0 saturated heterocycles. The summed E-state index contributed by atoms with van der Waals surface area (Å²) in [4.78, 5) is 16.6. The van der Waals surface area contributed by atoms with Gasteiger partial charge in [0.2, 0.25) is 0 Å². The van der Waals surface area contributed by atoms with Crippen molar-refractivity contribution < 1.29 is 4.79 Å². The fourth-order valence-corrected chi connectivity index (χ4v) is 3.32. The number of halogens is 2. The number of hydrogen-bond acceptors (Lipinski definition) is 3. The summed E-state index contributed by atoms with van der Waals surface area (Å²) in [7, 11) is 0. The molecule has 3 nitrogen and oxygen atoms in total. The zero-order valence-corrected chi connectivity index (χ0v) is 15.0. The molecule has 0 saturated carbocycles. The normalized spacial score (nSPS) is 12.2. The minimum absolute atomic E-state index is 0.0777. The zero-order chi connectivity index (χ0) is 14.0. The predicted molar refractivity (Wildman–Crippen MR) is 89.6 cm³/mol. The average molecular weight is 451 g/mol. The molecule has 0 spiro atoms. The van der Waals surface area contributed by atoms with Crippen molar-refractivity contribution in [3.05, 3.63) is 47.9 Å². The Labute approximate surface area is 138 Å². The van der Waals surface area contributed by atoms with Crippen LogP contribution in [-0.2, 0) is 0 Å². The number of nitrogens with one attached hydrogen (secondary N) is 1. The van der Waals surface area contributed by atoms with Gasteiger partial charge in [0.15, 0.2) is 0 Å². The summed E-state index contributed by atoms with van der Waals surface area (Å²) < 4.78 is 1.83. The van der Waals surface area contributed by atoms with Crippen LogP contribution in [0.3, 0.4) is 0 Å². The highest BCUT2D eigenvalue weighted by molar-refractivity contribution is 14.1. The van der Waals surface area contributed by atoms with Crippen molar-refractivity contribution in [1.29, 1.82) is 0 Å². The molecule has 0 aliphatic carbocycles. The van der Waals surface area contributed by atoms with Gasteiger partial charge in [-0.1, -0.05) is 15.9 Å². The molecule has 0 radical (unpaired) electrons. The molecule has 0 aliphatic rings. The van der Waals surface area contributed by atoms with E-state index in [9.17, 15) is 4.79 Å². The molecular formula is C13H12BrIN2OS. The third kappa shape index (κ3) is 3.76. The number of aryl methyl sites for hydroxylation is 1. The van der Waals surface area contributed by atoms with Gasteiger partial charge >= 0.3 is 0 Å². The smallest absolute Gasteiger partial charge is 0.252 e. The molecule has 100 valence electrons. The lowest BCUT2D eigenvalue weighted by molar-refractivity contribution is 0.0939. The van der Waals surface area contributed by atoms with E-state index in [1.54, 1.807) is 11.3 Å². The quantitative estimate of drug-likeness (QED) is 0.708. The molecule has 6 heteroatoms. The Hall–Kier alpha value is -0.470. The van der Waals surface area contributed by atoms with Crippen molar-refractivity contribution in [2.24, 2.45) is 0 Å². The summed E-state index contributed by atoms with van der Waals surface area (Å²) >= 11 is 7.11. The number of thiazole rings is 1. The van der Waals surface area contributed by atoms with E-state index in [0.717, 1.165) is 18.7 Å². The number of rotatable bonds is 3. The van der Waals surface area contributed by atoms with Crippen LogP contribution in [0.15, 0.2) is 28.1 Å². The number of carbonyl (C=O) groups is 1. The molecule has 2 aromatic rings. The van der Waals surface area contributed by atoms with E-state index >= 15 is 0 Å². The molecule has 0 fully saturated rings. The molecule has 1 heterocycles. The summed E-state index contributed by atoms with van der Waals surface area (Å²) in [5.41, 5.74) is 1.66. The Morgan fingerprint density at radius 3 is 2.89 bits per heavy atom. The Balaban J connectivity index is 2.15. The molecule has 1 N–H and O–H groups in total. The van der Waals surface area contributed by atoms with Gasteiger partial charge in [-0.2, -0.15) is 0 Å². The van der Waals surface area contributed by atoms with Crippen molar-refractivity contribution >= 4 is 55.8 Å². The third-order valence-electron chi connectivity index (χ3n) is 2.53. The molecule has 1 aromatic heterocycles. The lowest BCUT2D eigenvalue weighted by Gasteiger charge is -2.12. The molecule has 2 rings (SSSR count). The van der Waals surface area contributed by atoms with Crippen LogP contribution in [0.5, 0.6) is 0 Å². The van der Waals surface area contributed by atoms with Gasteiger partial charge < -0.3 is 5.32 Å². The van der Waals surface area contributed by atoms with Gasteiger partial charge in [-0.25, -0.2) is 4.98 Å². The Bertz CT molecular complexity index is 614. The minimum Gasteiger partial charge on any atom is -0.343 e. The maximum absolute atomic E-state index is 12.2. The van der Waals surface area contributed by atoms with Crippen LogP contribution < -0.4 is 5.32 Å². The highest BCUT2D eigenvalue weighted by Crippen LogP contribution is 2.21. The number of nitrogens with zero attached hydrogens (tertiary/aromatic N) is 1. The molecule has 1 amide bonds. The SMILES string of the molecule is Cc1csc(C(C)NC(=O)c2cc(Br)ccc2I)n1. The first kappa shape index (κ1) is 14.9. The number of benzene rings is 1. The number of carbonyl (C=O) groups excluding carboxylic acids is 1. The Morgan fingerprint density at radius 2 is 2.26 bits per heavy atom. The van der Waals surface area contributed by atoms with Gasteiger partial charge in [0.05, 0.1) is 11.6 Å². The Kier molecular flexibility index (Phi) is 4.97. The van der Waals surface area contributed by atoms with Crippen LogP contribution >= 0.6 is 49.9 Å². The summed E-state index contributed by atoms with van der Waals surface area (Å²) in [6.07, 6.45) is 0. The van der Waals surface area contributed by atoms with E-state index in [2.05, 4.69) is 48.8 Å². The first-order valence-electron chi connectivity index (χ1n) is 5.65. The summed E-state index contributed by atoms with van der Waals surface area (Å²) in [5.74, 6) is -0.0777. The highest BCUT2D eigenvalue weighted by atomic mass is 127. The summed E-state index contributed by atoms with van der Waals surface area (Å²) in [5, 5.41) is 5.89. The standard InChI is InChI=1S/C13H12BrIN2OS/c1-7-6-19-13(16-7)8(2)17-12(18)10-5-9(14)3-4-11(10)15/h3-6,8H,1-2H3,(H,17,18). The maximum atomic E-state index is 12.2. The lowest BCUT2D eigenvalue weighted by Crippen LogP contribution is -2.27. The monoisotopic (exact) mass is 450 g/mol. The number of hydrogen-bond donors (Lipinski definition) is 1. The van der Waals surface area contributed by atoms with E-state index in [4.69, 9.17) is 0 Å². The average Bonchev–Trinajstić information content (AvgIpc) is 2.79. The molecule has 1 atom stereocenters. The predicted octanol–water partition coefficient (Wildman–Crippen LogP) is 4.31. The highest BCUT2D eigenvalue weighted by Gasteiger charge is 2.16. The first-order chi connectivity index (χ1) is 8.97. The van der Waals surface area contributed by atoms with Gasteiger partial charge in [-0.15, -0.1) is 11.3 Å². The van der Waals surface area contributed by atoms with Crippen LogP contribution in [0.25, 0.3) is 0 Å². The second kappa shape index (κ2) is 6.32. The Morgan fingerprint density at radius 1 is 1.53 bits per heavy atom. The third-order valence-corrected chi connectivity index (χ3v) is 5.11. The number of aromatic nitrogens is 1. The minimum atomic E-state index is -0.0824. The van der Waals surface area contributed by atoms with Crippen molar-refractivity contribution in [1.82, 2.24) is 10.3 Å². The van der Waals surface area contributed by atoms with Crippen molar-refractivity contribution in [2.45, 2.75) is 19.9 Å². The fourth-order valence-electron chi connectivity index (χ4n) is 1.58. The van der Waals surface area contributed by atoms with Gasteiger partial charge in [0, 0.05) is 19.1 Å². The zero-order valence-electron chi connectivity index (χ0n) is 10.4. The molecule has 1 aromatic carbocycles. The molecule has 19 heavy (non-hydrogen) atoms. The largest absolute Gasteiger partial charge is 0.343 e. The molecule has 0 aliphatic heterocycles. The second-order valence-electron chi connectivity index (χ2n) is 4.15. The maximum Gasteiger partial charge on any atom is 0.252 e. The van der Waals surface area contributed by atoms with Crippen LogP contribution in [0.4, 0.5) is 0 Å². The summed E-state index contributed by atoms with van der Waals surface area (Å²) in [6, 6.07) is 5.59.